The van der Waals surface area contributed by atoms with Gasteiger partial charge in [-0.1, -0.05) is 29.8 Å². The Morgan fingerprint density at radius 3 is 2.36 bits per heavy atom. The maximum absolute atomic E-state index is 13.5. The number of hydrogen-bond donors (Lipinski definition) is 1. The lowest BCUT2D eigenvalue weighted by Gasteiger charge is -2.38. The molecule has 1 unspecified atom stereocenters. The van der Waals surface area contributed by atoms with E-state index >= 15 is 0 Å². The van der Waals surface area contributed by atoms with Gasteiger partial charge in [0.05, 0.1) is 27.4 Å². The largest absolute Gasteiger partial charge is 0.497 e. The Morgan fingerprint density at radius 2 is 1.70 bits per heavy atom. The van der Waals surface area contributed by atoms with Crippen LogP contribution in [0.25, 0.3) is 0 Å². The number of fused-ring (bicyclic) bond motifs is 1. The third kappa shape index (κ3) is 4.44. The average Bonchev–Trinajstić information content (AvgIpc) is 2.83. The molecule has 6 nitrogen and oxygen atoms in total. The zero-order valence-corrected chi connectivity index (χ0v) is 19.9. The zero-order chi connectivity index (χ0) is 23.5. The van der Waals surface area contributed by atoms with Crippen molar-refractivity contribution in [1.29, 1.82) is 0 Å². The van der Waals surface area contributed by atoms with E-state index in [0.29, 0.717) is 29.5 Å². The lowest BCUT2D eigenvalue weighted by Crippen LogP contribution is -2.43. The molecule has 0 aliphatic carbocycles. The van der Waals surface area contributed by atoms with Crippen molar-refractivity contribution in [2.24, 2.45) is 0 Å². The molecular formula is C26H27ClN2O4. The summed E-state index contributed by atoms with van der Waals surface area (Å²) in [6.07, 6.45) is 0.686. The molecule has 0 bridgehead atoms. The van der Waals surface area contributed by atoms with Crippen molar-refractivity contribution < 1.29 is 19.0 Å². The Morgan fingerprint density at radius 1 is 0.970 bits per heavy atom. The maximum atomic E-state index is 13.5. The average molecular weight is 467 g/mol. The number of urea groups is 1. The molecule has 3 aromatic carbocycles. The molecule has 1 aliphatic heterocycles. The molecule has 33 heavy (non-hydrogen) atoms. The first-order valence-electron chi connectivity index (χ1n) is 10.7. The topological polar surface area (TPSA) is 60.0 Å². The molecule has 172 valence electrons. The molecule has 7 heteroatoms. The number of nitrogens with one attached hydrogen (secondary N) is 1. The van der Waals surface area contributed by atoms with Gasteiger partial charge in [0.2, 0.25) is 0 Å². The van der Waals surface area contributed by atoms with Crippen molar-refractivity contribution in [3.05, 3.63) is 81.9 Å². The van der Waals surface area contributed by atoms with Gasteiger partial charge in [-0.15, -0.1) is 0 Å². The highest BCUT2D eigenvalue weighted by Gasteiger charge is 2.34. The summed E-state index contributed by atoms with van der Waals surface area (Å²) in [5, 5.41) is 3.67. The van der Waals surface area contributed by atoms with E-state index in [1.807, 2.05) is 66.4 Å². The van der Waals surface area contributed by atoms with Gasteiger partial charge in [-0.25, -0.2) is 4.79 Å². The van der Waals surface area contributed by atoms with Gasteiger partial charge < -0.3 is 24.4 Å². The summed E-state index contributed by atoms with van der Waals surface area (Å²) in [7, 11) is 4.85. The number of anilines is 1. The van der Waals surface area contributed by atoms with E-state index in [0.717, 1.165) is 33.7 Å². The monoisotopic (exact) mass is 466 g/mol. The van der Waals surface area contributed by atoms with Gasteiger partial charge in [0.25, 0.3) is 0 Å². The van der Waals surface area contributed by atoms with E-state index in [2.05, 4.69) is 5.32 Å². The van der Waals surface area contributed by atoms with E-state index in [9.17, 15) is 4.79 Å². The van der Waals surface area contributed by atoms with Crippen LogP contribution in [0.1, 0.15) is 28.3 Å². The zero-order valence-electron chi connectivity index (χ0n) is 19.1. The molecule has 0 saturated carbocycles. The molecular weight excluding hydrogens is 440 g/mol. The van der Waals surface area contributed by atoms with Crippen molar-refractivity contribution in [2.75, 3.05) is 33.2 Å². The Labute approximate surface area is 199 Å². The fourth-order valence-electron chi connectivity index (χ4n) is 4.29. The lowest BCUT2D eigenvalue weighted by molar-refractivity contribution is 0.193. The Bertz CT molecular complexity index is 1180. The summed E-state index contributed by atoms with van der Waals surface area (Å²) in [5.41, 5.74) is 4.57. The number of aryl methyl sites for hydroxylation is 1. The molecule has 2 amide bonds. The number of nitrogens with zero attached hydrogens (tertiary/aromatic N) is 1. The second-order valence-corrected chi connectivity index (χ2v) is 8.29. The van der Waals surface area contributed by atoms with Crippen LogP contribution in [0.4, 0.5) is 10.5 Å². The van der Waals surface area contributed by atoms with Gasteiger partial charge >= 0.3 is 6.03 Å². The van der Waals surface area contributed by atoms with Crippen LogP contribution < -0.4 is 19.5 Å². The van der Waals surface area contributed by atoms with Crippen LogP contribution >= 0.6 is 11.6 Å². The molecule has 0 fully saturated rings. The van der Waals surface area contributed by atoms with Crippen LogP contribution in [0.5, 0.6) is 17.2 Å². The van der Waals surface area contributed by atoms with Crippen molar-refractivity contribution >= 4 is 23.3 Å². The van der Waals surface area contributed by atoms with E-state index < -0.39 is 0 Å². The predicted octanol–water partition coefficient (Wildman–Crippen LogP) is 5.85. The lowest BCUT2D eigenvalue weighted by atomic mass is 9.87. The van der Waals surface area contributed by atoms with Crippen LogP contribution in [0, 0.1) is 6.92 Å². The summed E-state index contributed by atoms with van der Waals surface area (Å²) < 4.78 is 16.3. The number of carbonyl (C=O) groups is 1. The molecule has 0 saturated heterocycles. The van der Waals surface area contributed by atoms with Crippen LogP contribution in [-0.2, 0) is 6.42 Å². The van der Waals surface area contributed by atoms with E-state index in [1.54, 1.807) is 21.3 Å². The normalized spacial score (nSPS) is 14.9. The predicted molar refractivity (Wildman–Crippen MR) is 130 cm³/mol. The Hall–Kier alpha value is -3.38. The van der Waals surface area contributed by atoms with Gasteiger partial charge in [0.15, 0.2) is 11.5 Å². The number of ether oxygens (including phenoxy) is 3. The summed E-state index contributed by atoms with van der Waals surface area (Å²) in [5.74, 6) is 2.02. The quantitative estimate of drug-likeness (QED) is 0.512. The summed E-state index contributed by atoms with van der Waals surface area (Å²) >= 11 is 6.62. The standard InChI is InChI=1S/C26H27ClN2O4/c1-16-13-18(31-2)9-10-22(16)28-26(30)29-12-11-17-14-23(32-3)24(33-4)15-20(17)25(29)19-7-5-6-8-21(19)27/h5-10,13-15,25H,11-12H2,1-4H3,(H,28,30). The van der Waals surface area contributed by atoms with Crippen molar-refractivity contribution in [3.63, 3.8) is 0 Å². The van der Waals surface area contributed by atoms with Gasteiger partial charge in [-0.3, -0.25) is 0 Å². The number of amides is 2. The number of halogens is 1. The molecule has 0 aromatic heterocycles. The molecule has 1 atom stereocenters. The Balaban J connectivity index is 1.76. The maximum Gasteiger partial charge on any atom is 0.322 e. The SMILES string of the molecule is COc1ccc(NC(=O)N2CCc3cc(OC)c(OC)cc3C2c2ccccc2Cl)c(C)c1. The van der Waals surface area contributed by atoms with Crippen molar-refractivity contribution in [3.8, 4) is 17.2 Å². The molecule has 1 heterocycles. The van der Waals surface area contributed by atoms with E-state index in [-0.39, 0.29) is 12.1 Å². The number of rotatable bonds is 5. The first-order valence-corrected chi connectivity index (χ1v) is 11.1. The first-order chi connectivity index (χ1) is 16.0. The van der Waals surface area contributed by atoms with Crippen LogP contribution in [0.15, 0.2) is 54.6 Å². The second kappa shape index (κ2) is 9.63. The third-order valence-electron chi connectivity index (χ3n) is 6.01. The highest BCUT2D eigenvalue weighted by atomic mass is 35.5. The molecule has 0 radical (unpaired) electrons. The number of methoxy groups -OCH3 is 3. The number of hydrogen-bond acceptors (Lipinski definition) is 4. The number of benzene rings is 3. The minimum absolute atomic E-state index is 0.200. The molecule has 0 spiro atoms. The van der Waals surface area contributed by atoms with Crippen LogP contribution in [-0.4, -0.2) is 38.8 Å². The minimum Gasteiger partial charge on any atom is -0.497 e. The van der Waals surface area contributed by atoms with Gasteiger partial charge in [0, 0.05) is 17.3 Å². The van der Waals surface area contributed by atoms with E-state index in [1.165, 1.54) is 0 Å². The second-order valence-electron chi connectivity index (χ2n) is 7.88. The van der Waals surface area contributed by atoms with Crippen LogP contribution in [0.2, 0.25) is 5.02 Å². The summed E-state index contributed by atoms with van der Waals surface area (Å²) in [4.78, 5) is 15.4. The van der Waals surface area contributed by atoms with Crippen molar-refractivity contribution in [1.82, 2.24) is 4.90 Å². The highest BCUT2D eigenvalue weighted by molar-refractivity contribution is 6.31. The summed E-state index contributed by atoms with van der Waals surface area (Å²) in [6, 6.07) is 16.5. The number of carbonyl (C=O) groups excluding carboxylic acids is 1. The van der Waals surface area contributed by atoms with Gasteiger partial charge in [0.1, 0.15) is 5.75 Å². The first kappa shape index (κ1) is 22.8. The van der Waals surface area contributed by atoms with Gasteiger partial charge in [-0.05, 0) is 72.0 Å². The fourth-order valence-corrected chi connectivity index (χ4v) is 4.53. The molecule has 4 rings (SSSR count). The smallest absolute Gasteiger partial charge is 0.322 e. The molecule has 3 aromatic rings. The third-order valence-corrected chi connectivity index (χ3v) is 6.35. The van der Waals surface area contributed by atoms with Crippen molar-refractivity contribution in [2.45, 2.75) is 19.4 Å². The summed E-state index contributed by atoms with van der Waals surface area (Å²) in [6.45, 7) is 2.46. The molecule has 1 N–H and O–H groups in total. The van der Waals surface area contributed by atoms with Crippen LogP contribution in [0.3, 0.4) is 0 Å². The Kier molecular flexibility index (Phi) is 6.65. The molecule has 1 aliphatic rings. The highest BCUT2D eigenvalue weighted by Crippen LogP contribution is 2.43. The minimum atomic E-state index is -0.374. The fraction of sp³-hybridized carbons (Fsp3) is 0.269. The van der Waals surface area contributed by atoms with Gasteiger partial charge in [-0.2, -0.15) is 0 Å². The van der Waals surface area contributed by atoms with E-state index in [4.69, 9.17) is 25.8 Å².